The van der Waals surface area contributed by atoms with Crippen LogP contribution in [-0.2, 0) is 20.8 Å². The van der Waals surface area contributed by atoms with E-state index in [1.807, 2.05) is 45.0 Å². The fourth-order valence-electron chi connectivity index (χ4n) is 4.69. The number of benzene rings is 1. The summed E-state index contributed by atoms with van der Waals surface area (Å²) >= 11 is 0. The number of amides is 3. The maximum atomic E-state index is 13.0. The van der Waals surface area contributed by atoms with Crippen molar-refractivity contribution >= 4 is 23.4 Å². The molecule has 1 saturated carbocycles. The van der Waals surface area contributed by atoms with Crippen molar-refractivity contribution < 1.29 is 14.4 Å². The molecule has 5 heteroatoms. The standard InChI is InChI=1S/C23H32N2O3/c1-5-6-7-16-8-10-17(11-9-16)24-19(26)13-15-25-20(27)18-12-14-23(4,21(25)28)22(18,2)3/h8-11,18H,5-7,12-15H2,1-4H3,(H,24,26). The van der Waals surface area contributed by atoms with Crippen molar-refractivity contribution in [3.05, 3.63) is 29.8 Å². The molecule has 5 nitrogen and oxygen atoms in total. The number of fused-ring (bicyclic) bond motifs is 2. The molecule has 1 N–H and O–H groups in total. The van der Waals surface area contributed by atoms with Crippen molar-refractivity contribution in [1.29, 1.82) is 0 Å². The van der Waals surface area contributed by atoms with E-state index in [9.17, 15) is 14.4 Å². The molecule has 1 heterocycles. The van der Waals surface area contributed by atoms with E-state index in [-0.39, 0.29) is 42.0 Å². The molecule has 1 aliphatic heterocycles. The fourth-order valence-corrected chi connectivity index (χ4v) is 4.69. The maximum absolute atomic E-state index is 13.0. The second-order valence-electron chi connectivity index (χ2n) is 9.04. The van der Waals surface area contributed by atoms with Gasteiger partial charge < -0.3 is 5.32 Å². The quantitative estimate of drug-likeness (QED) is 0.718. The molecule has 2 atom stereocenters. The second kappa shape index (κ2) is 7.69. The van der Waals surface area contributed by atoms with Crippen LogP contribution in [0.4, 0.5) is 5.69 Å². The molecule has 152 valence electrons. The summed E-state index contributed by atoms with van der Waals surface area (Å²) in [6, 6.07) is 7.88. The van der Waals surface area contributed by atoms with Gasteiger partial charge in [-0.2, -0.15) is 0 Å². The summed E-state index contributed by atoms with van der Waals surface area (Å²) in [5.74, 6) is -0.541. The number of rotatable bonds is 7. The molecule has 2 fully saturated rings. The smallest absolute Gasteiger partial charge is 0.235 e. The minimum atomic E-state index is -0.517. The number of hydrogen-bond acceptors (Lipinski definition) is 3. The van der Waals surface area contributed by atoms with Crippen LogP contribution in [0.3, 0.4) is 0 Å². The number of carbonyl (C=O) groups is 3. The highest BCUT2D eigenvalue weighted by molar-refractivity contribution is 6.04. The van der Waals surface area contributed by atoms with Crippen LogP contribution in [0.25, 0.3) is 0 Å². The Labute approximate surface area is 167 Å². The lowest BCUT2D eigenvalue weighted by atomic mass is 9.62. The number of nitrogens with zero attached hydrogens (tertiary/aromatic N) is 1. The van der Waals surface area contributed by atoms with E-state index in [4.69, 9.17) is 0 Å². The van der Waals surface area contributed by atoms with E-state index in [0.29, 0.717) is 0 Å². The van der Waals surface area contributed by atoms with Crippen LogP contribution in [0, 0.1) is 16.7 Å². The third-order valence-electron chi connectivity index (χ3n) is 7.13. The predicted octanol–water partition coefficient (Wildman–Crippen LogP) is 4.17. The Morgan fingerprint density at radius 3 is 2.50 bits per heavy atom. The summed E-state index contributed by atoms with van der Waals surface area (Å²) in [4.78, 5) is 39.5. The van der Waals surface area contributed by atoms with Gasteiger partial charge in [0.15, 0.2) is 0 Å². The first-order chi connectivity index (χ1) is 13.2. The molecule has 0 aromatic heterocycles. The lowest BCUT2D eigenvalue weighted by Crippen LogP contribution is -2.59. The van der Waals surface area contributed by atoms with Crippen molar-refractivity contribution in [1.82, 2.24) is 4.90 Å². The van der Waals surface area contributed by atoms with Crippen molar-refractivity contribution in [3.8, 4) is 0 Å². The van der Waals surface area contributed by atoms with Crippen molar-refractivity contribution in [2.75, 3.05) is 11.9 Å². The van der Waals surface area contributed by atoms with Crippen LogP contribution < -0.4 is 5.32 Å². The van der Waals surface area contributed by atoms with Crippen LogP contribution in [0.1, 0.15) is 65.4 Å². The summed E-state index contributed by atoms with van der Waals surface area (Å²) in [7, 11) is 0. The lowest BCUT2D eigenvalue weighted by molar-refractivity contribution is -0.167. The highest BCUT2D eigenvalue weighted by Gasteiger charge is 2.64. The Balaban J connectivity index is 1.58. The summed E-state index contributed by atoms with van der Waals surface area (Å²) in [6.07, 6.45) is 4.96. The van der Waals surface area contributed by atoms with Gasteiger partial charge in [-0.1, -0.05) is 46.2 Å². The summed E-state index contributed by atoms with van der Waals surface area (Å²) in [6.45, 7) is 8.33. The number of piperidine rings is 1. The average molecular weight is 385 g/mol. The molecule has 2 unspecified atom stereocenters. The first-order valence-electron chi connectivity index (χ1n) is 10.5. The number of aryl methyl sites for hydroxylation is 1. The van der Waals surface area contributed by atoms with Gasteiger partial charge >= 0.3 is 0 Å². The van der Waals surface area contributed by atoms with Crippen LogP contribution in [-0.4, -0.2) is 29.2 Å². The van der Waals surface area contributed by atoms with Crippen LogP contribution in [0.15, 0.2) is 24.3 Å². The Hall–Kier alpha value is -2.17. The first kappa shape index (κ1) is 20.6. The van der Waals surface area contributed by atoms with E-state index in [1.54, 1.807) is 0 Å². The van der Waals surface area contributed by atoms with Gasteiger partial charge in [-0.15, -0.1) is 0 Å². The van der Waals surface area contributed by atoms with Crippen LogP contribution in [0.5, 0.6) is 0 Å². The molecular formula is C23H32N2O3. The molecule has 0 radical (unpaired) electrons. The van der Waals surface area contributed by atoms with E-state index in [1.165, 1.54) is 10.5 Å². The van der Waals surface area contributed by atoms with E-state index in [2.05, 4.69) is 12.2 Å². The van der Waals surface area contributed by atoms with Gasteiger partial charge in [-0.05, 0) is 48.8 Å². The fraction of sp³-hybridized carbons (Fsp3) is 0.609. The van der Waals surface area contributed by atoms with Crippen molar-refractivity contribution in [2.24, 2.45) is 16.7 Å². The number of likely N-dealkylation sites (tertiary alicyclic amines) is 1. The number of anilines is 1. The van der Waals surface area contributed by atoms with Crippen molar-refractivity contribution in [3.63, 3.8) is 0 Å². The summed E-state index contributed by atoms with van der Waals surface area (Å²) < 4.78 is 0. The number of carbonyl (C=O) groups excluding carboxylic acids is 3. The molecule has 1 saturated heterocycles. The van der Waals surface area contributed by atoms with Crippen LogP contribution >= 0.6 is 0 Å². The second-order valence-corrected chi connectivity index (χ2v) is 9.04. The highest BCUT2D eigenvalue weighted by Crippen LogP contribution is 2.60. The topological polar surface area (TPSA) is 66.5 Å². The summed E-state index contributed by atoms with van der Waals surface area (Å²) in [5.41, 5.74) is 1.17. The minimum absolute atomic E-state index is 0.113. The van der Waals surface area contributed by atoms with Gasteiger partial charge in [0.25, 0.3) is 0 Å². The first-order valence-corrected chi connectivity index (χ1v) is 10.5. The molecule has 1 aliphatic carbocycles. The van der Waals surface area contributed by atoms with E-state index in [0.717, 1.165) is 37.8 Å². The van der Waals surface area contributed by atoms with Gasteiger partial charge in [-0.3, -0.25) is 19.3 Å². The monoisotopic (exact) mass is 384 g/mol. The summed E-state index contributed by atoms with van der Waals surface area (Å²) in [5, 5.41) is 2.87. The van der Waals surface area contributed by atoms with E-state index >= 15 is 0 Å². The zero-order valence-corrected chi connectivity index (χ0v) is 17.5. The number of hydrogen-bond donors (Lipinski definition) is 1. The number of nitrogens with one attached hydrogen (secondary N) is 1. The van der Waals surface area contributed by atoms with Gasteiger partial charge in [0.2, 0.25) is 17.7 Å². The van der Waals surface area contributed by atoms with Gasteiger partial charge in [-0.25, -0.2) is 0 Å². The molecule has 2 aliphatic rings. The maximum Gasteiger partial charge on any atom is 0.235 e. The Bertz CT molecular complexity index is 769. The molecule has 3 amide bonds. The number of imide groups is 1. The largest absolute Gasteiger partial charge is 0.326 e. The lowest BCUT2D eigenvalue weighted by Gasteiger charge is -2.47. The molecular weight excluding hydrogens is 352 g/mol. The normalized spacial score (nSPS) is 25.9. The average Bonchev–Trinajstić information content (AvgIpc) is 2.84. The Morgan fingerprint density at radius 2 is 1.86 bits per heavy atom. The Kier molecular flexibility index (Phi) is 5.64. The van der Waals surface area contributed by atoms with Gasteiger partial charge in [0.1, 0.15) is 0 Å². The van der Waals surface area contributed by atoms with Gasteiger partial charge in [0, 0.05) is 24.6 Å². The minimum Gasteiger partial charge on any atom is -0.326 e. The predicted molar refractivity (Wildman–Crippen MR) is 110 cm³/mol. The third kappa shape index (κ3) is 3.47. The SMILES string of the molecule is CCCCc1ccc(NC(=O)CCN2C(=O)C3CCC(C)(C2=O)C3(C)C)cc1. The molecule has 1 aromatic carbocycles. The number of unbranched alkanes of at least 4 members (excludes halogenated alkanes) is 1. The molecule has 3 rings (SSSR count). The molecule has 1 aromatic rings. The van der Waals surface area contributed by atoms with Crippen molar-refractivity contribution in [2.45, 2.75) is 66.2 Å². The molecule has 0 spiro atoms. The highest BCUT2D eigenvalue weighted by atomic mass is 16.2. The molecule has 2 bridgehead atoms. The van der Waals surface area contributed by atoms with Crippen LogP contribution in [0.2, 0.25) is 0 Å². The Morgan fingerprint density at radius 1 is 1.18 bits per heavy atom. The zero-order chi connectivity index (χ0) is 20.5. The van der Waals surface area contributed by atoms with Gasteiger partial charge in [0.05, 0.1) is 5.41 Å². The zero-order valence-electron chi connectivity index (χ0n) is 17.5. The van der Waals surface area contributed by atoms with E-state index < -0.39 is 5.41 Å². The third-order valence-corrected chi connectivity index (χ3v) is 7.13. The molecule has 28 heavy (non-hydrogen) atoms.